The van der Waals surface area contributed by atoms with Crippen LogP contribution in [0.2, 0.25) is 0 Å². The van der Waals surface area contributed by atoms with E-state index in [1.54, 1.807) is 9.58 Å². The molecule has 1 heterocycles. The highest BCUT2D eigenvalue weighted by Gasteiger charge is 2.22. The van der Waals surface area contributed by atoms with Crippen molar-refractivity contribution in [2.45, 2.75) is 43.6 Å². The molecule has 0 unspecified atom stereocenters. The number of hydrogen-bond acceptors (Lipinski definition) is 5. The number of carbonyl (C=O) groups excluding carboxylic acids is 1. The van der Waals surface area contributed by atoms with Gasteiger partial charge in [-0.1, -0.05) is 68.1 Å². The van der Waals surface area contributed by atoms with Crippen LogP contribution in [0.15, 0.2) is 59.8 Å². The lowest BCUT2D eigenvalue weighted by Crippen LogP contribution is -2.32. The third-order valence-corrected chi connectivity index (χ3v) is 5.53. The van der Waals surface area contributed by atoms with Gasteiger partial charge in [-0.3, -0.25) is 4.79 Å². The van der Waals surface area contributed by atoms with Gasteiger partial charge in [0.15, 0.2) is 0 Å². The van der Waals surface area contributed by atoms with E-state index < -0.39 is 0 Å². The second-order valence-corrected chi connectivity index (χ2v) is 8.37. The van der Waals surface area contributed by atoms with E-state index in [0.717, 1.165) is 11.3 Å². The van der Waals surface area contributed by atoms with Crippen LogP contribution in [-0.2, 0) is 11.3 Å². The smallest absolute Gasteiger partial charge is 0.235 e. The molecule has 1 amide bonds. The molecule has 0 N–H and O–H groups in total. The molecule has 0 spiro atoms. The second-order valence-electron chi connectivity index (χ2n) is 7.06. The Morgan fingerprint density at radius 1 is 1.07 bits per heavy atom. The summed E-state index contributed by atoms with van der Waals surface area (Å²) in [5.74, 6) is 0.508. The number of tetrazole rings is 1. The van der Waals surface area contributed by atoms with Crippen molar-refractivity contribution in [3.63, 3.8) is 0 Å². The molecule has 2 aromatic carbocycles. The van der Waals surface area contributed by atoms with Crippen LogP contribution in [0.3, 0.4) is 0 Å². The summed E-state index contributed by atoms with van der Waals surface area (Å²) in [6.07, 6.45) is 0. The Balaban J connectivity index is 1.68. The van der Waals surface area contributed by atoms with Gasteiger partial charge in [0.2, 0.25) is 11.1 Å². The van der Waals surface area contributed by atoms with E-state index >= 15 is 0 Å². The number of thioether (sulfide) groups is 1. The quantitative estimate of drug-likeness (QED) is 0.567. The number of nitrogens with zero attached hydrogens (tertiary/aromatic N) is 5. The lowest BCUT2D eigenvalue weighted by atomic mass is 10.0. The molecule has 0 fully saturated rings. The van der Waals surface area contributed by atoms with Crippen LogP contribution in [0.4, 0.5) is 0 Å². The zero-order valence-electron chi connectivity index (χ0n) is 16.6. The average molecular weight is 396 g/mol. The van der Waals surface area contributed by atoms with E-state index in [2.05, 4.69) is 41.5 Å². The lowest BCUT2D eigenvalue weighted by Gasteiger charge is -2.21. The number of amides is 1. The molecule has 0 saturated heterocycles. The molecule has 7 heteroatoms. The molecule has 0 aliphatic carbocycles. The summed E-state index contributed by atoms with van der Waals surface area (Å²) in [6, 6.07) is 18.1. The standard InChI is InChI=1S/C21H25N5OS/c1-15(2)18-10-12-19(13-11-18)26-21(22-23-24-26)28-16(3)20(27)25(4)14-17-8-6-5-7-9-17/h5-13,15-16H,14H2,1-4H3/t16-/m0/s1. The summed E-state index contributed by atoms with van der Waals surface area (Å²) in [5.41, 5.74) is 3.25. The van der Waals surface area contributed by atoms with Crippen LogP contribution in [0.1, 0.15) is 37.8 Å². The number of aromatic nitrogens is 4. The Morgan fingerprint density at radius 3 is 2.39 bits per heavy atom. The molecule has 3 rings (SSSR count). The maximum absolute atomic E-state index is 12.8. The first-order valence-corrected chi connectivity index (χ1v) is 10.2. The van der Waals surface area contributed by atoms with Gasteiger partial charge in [-0.2, -0.15) is 4.68 Å². The van der Waals surface area contributed by atoms with E-state index in [9.17, 15) is 4.79 Å². The number of rotatable bonds is 7. The molecule has 28 heavy (non-hydrogen) atoms. The van der Waals surface area contributed by atoms with Gasteiger partial charge in [0.1, 0.15) is 0 Å². The van der Waals surface area contributed by atoms with Crippen molar-refractivity contribution in [1.29, 1.82) is 0 Å². The second kappa shape index (κ2) is 9.01. The Labute approximate surface area is 169 Å². The van der Waals surface area contributed by atoms with Crippen LogP contribution >= 0.6 is 11.8 Å². The minimum atomic E-state index is -0.298. The SMILES string of the molecule is CC(C)c1ccc(-n2nnnc2S[C@@H](C)C(=O)N(C)Cc2ccccc2)cc1. The van der Waals surface area contributed by atoms with Crippen molar-refractivity contribution in [1.82, 2.24) is 25.1 Å². The Hall–Kier alpha value is -2.67. The van der Waals surface area contributed by atoms with Gasteiger partial charge in [0.05, 0.1) is 10.9 Å². The largest absolute Gasteiger partial charge is 0.340 e. The first-order chi connectivity index (χ1) is 13.5. The van der Waals surface area contributed by atoms with Gasteiger partial charge in [-0.05, 0) is 46.5 Å². The van der Waals surface area contributed by atoms with Crippen molar-refractivity contribution < 1.29 is 4.79 Å². The van der Waals surface area contributed by atoms with E-state index in [0.29, 0.717) is 17.6 Å². The van der Waals surface area contributed by atoms with Crippen molar-refractivity contribution in [3.05, 3.63) is 65.7 Å². The molecule has 0 radical (unpaired) electrons. The normalized spacial score (nSPS) is 12.2. The molecule has 1 aromatic heterocycles. The highest BCUT2D eigenvalue weighted by atomic mass is 32.2. The molecule has 1 atom stereocenters. The van der Waals surface area contributed by atoms with Crippen molar-refractivity contribution in [3.8, 4) is 5.69 Å². The van der Waals surface area contributed by atoms with Gasteiger partial charge in [-0.15, -0.1) is 5.10 Å². The van der Waals surface area contributed by atoms with Crippen LogP contribution in [0.25, 0.3) is 5.69 Å². The van der Waals surface area contributed by atoms with Gasteiger partial charge in [0.25, 0.3) is 0 Å². The summed E-state index contributed by atoms with van der Waals surface area (Å²) < 4.78 is 1.68. The number of hydrogen-bond donors (Lipinski definition) is 0. The third-order valence-electron chi connectivity index (χ3n) is 4.51. The first kappa shape index (κ1) is 20.1. The number of benzene rings is 2. The zero-order chi connectivity index (χ0) is 20.1. The van der Waals surface area contributed by atoms with Gasteiger partial charge >= 0.3 is 0 Å². The maximum Gasteiger partial charge on any atom is 0.235 e. The topological polar surface area (TPSA) is 63.9 Å². The van der Waals surface area contributed by atoms with Crippen molar-refractivity contribution >= 4 is 17.7 Å². The average Bonchev–Trinajstić information content (AvgIpc) is 3.16. The van der Waals surface area contributed by atoms with Crippen LogP contribution < -0.4 is 0 Å². The Kier molecular flexibility index (Phi) is 6.46. The molecule has 146 valence electrons. The minimum absolute atomic E-state index is 0.0403. The summed E-state index contributed by atoms with van der Waals surface area (Å²) >= 11 is 1.36. The highest BCUT2D eigenvalue weighted by Crippen LogP contribution is 2.25. The predicted molar refractivity (Wildman–Crippen MR) is 111 cm³/mol. The predicted octanol–water partition coefficient (Wildman–Crippen LogP) is 3.92. The summed E-state index contributed by atoms with van der Waals surface area (Å²) in [4.78, 5) is 14.5. The molecule has 0 saturated carbocycles. The fourth-order valence-corrected chi connectivity index (χ4v) is 3.79. The third kappa shape index (κ3) is 4.78. The number of carbonyl (C=O) groups is 1. The minimum Gasteiger partial charge on any atom is -0.340 e. The molecule has 0 aliphatic heterocycles. The molecule has 0 bridgehead atoms. The fourth-order valence-electron chi connectivity index (χ4n) is 2.87. The van der Waals surface area contributed by atoms with E-state index in [1.807, 2.05) is 56.4 Å². The molecular weight excluding hydrogens is 370 g/mol. The first-order valence-electron chi connectivity index (χ1n) is 9.30. The van der Waals surface area contributed by atoms with Crippen molar-refractivity contribution in [2.75, 3.05) is 7.05 Å². The molecule has 0 aliphatic rings. The van der Waals surface area contributed by atoms with Crippen LogP contribution in [0, 0.1) is 0 Å². The lowest BCUT2D eigenvalue weighted by molar-refractivity contribution is -0.129. The van der Waals surface area contributed by atoms with Crippen LogP contribution in [0.5, 0.6) is 0 Å². The van der Waals surface area contributed by atoms with E-state index in [-0.39, 0.29) is 11.2 Å². The van der Waals surface area contributed by atoms with E-state index in [1.165, 1.54) is 17.3 Å². The zero-order valence-corrected chi connectivity index (χ0v) is 17.4. The fraction of sp³-hybridized carbons (Fsp3) is 0.333. The van der Waals surface area contributed by atoms with Gasteiger partial charge in [-0.25, -0.2) is 0 Å². The molecule has 3 aromatic rings. The van der Waals surface area contributed by atoms with Gasteiger partial charge in [0, 0.05) is 13.6 Å². The maximum atomic E-state index is 12.8. The Morgan fingerprint density at radius 2 is 1.75 bits per heavy atom. The summed E-state index contributed by atoms with van der Waals surface area (Å²) in [5, 5.41) is 12.3. The van der Waals surface area contributed by atoms with Crippen molar-refractivity contribution in [2.24, 2.45) is 0 Å². The van der Waals surface area contributed by atoms with Gasteiger partial charge < -0.3 is 4.90 Å². The summed E-state index contributed by atoms with van der Waals surface area (Å²) in [6.45, 7) is 6.78. The summed E-state index contributed by atoms with van der Waals surface area (Å²) in [7, 11) is 1.82. The van der Waals surface area contributed by atoms with Crippen LogP contribution in [-0.4, -0.2) is 43.3 Å². The molecule has 6 nitrogen and oxygen atoms in total. The highest BCUT2D eigenvalue weighted by molar-refractivity contribution is 8.00. The molecular formula is C21H25N5OS. The van der Waals surface area contributed by atoms with E-state index in [4.69, 9.17) is 0 Å². The monoisotopic (exact) mass is 395 g/mol. The Bertz CT molecular complexity index is 908.